The predicted molar refractivity (Wildman–Crippen MR) is 65.9 cm³/mol. The Morgan fingerprint density at radius 1 is 1.56 bits per heavy atom. The van der Waals surface area contributed by atoms with E-state index in [4.69, 9.17) is 11.5 Å². The van der Waals surface area contributed by atoms with Gasteiger partial charge in [-0.1, -0.05) is 6.07 Å². The van der Waals surface area contributed by atoms with Gasteiger partial charge in [-0.05, 0) is 24.5 Å². The third-order valence-electron chi connectivity index (χ3n) is 2.58. The maximum atomic E-state index is 11.2. The molecule has 0 radical (unpaired) electrons. The number of rotatable bonds is 4. The van der Waals surface area contributed by atoms with Gasteiger partial charge in [0.1, 0.15) is 11.7 Å². The minimum Gasteiger partial charge on any atom is -0.468 e. The molecule has 7 heteroatoms. The van der Waals surface area contributed by atoms with Gasteiger partial charge in [0.15, 0.2) is 0 Å². The molecule has 0 heterocycles. The smallest absolute Gasteiger partial charge is 0.322 e. The van der Waals surface area contributed by atoms with E-state index < -0.39 is 16.9 Å². The van der Waals surface area contributed by atoms with Crippen LogP contribution in [-0.2, 0) is 16.0 Å². The van der Waals surface area contributed by atoms with E-state index in [1.165, 1.54) is 13.2 Å². The van der Waals surface area contributed by atoms with Crippen LogP contribution in [0, 0.1) is 17.0 Å². The van der Waals surface area contributed by atoms with Crippen LogP contribution in [0.2, 0.25) is 0 Å². The van der Waals surface area contributed by atoms with Gasteiger partial charge >= 0.3 is 5.97 Å². The van der Waals surface area contributed by atoms with Gasteiger partial charge < -0.3 is 16.2 Å². The fourth-order valence-electron chi connectivity index (χ4n) is 1.61. The Kier molecular flexibility index (Phi) is 4.22. The SMILES string of the molecule is COC(=O)[C@@H](N)Cc1cc(C)c(N)c([N+](=O)[O-])c1. The van der Waals surface area contributed by atoms with Crippen molar-refractivity contribution in [3.8, 4) is 0 Å². The average molecular weight is 253 g/mol. The second-order valence-corrected chi connectivity index (χ2v) is 3.94. The van der Waals surface area contributed by atoms with Crippen molar-refractivity contribution in [2.24, 2.45) is 5.73 Å². The fraction of sp³-hybridized carbons (Fsp3) is 0.364. The molecule has 4 N–H and O–H groups in total. The molecule has 0 aliphatic rings. The summed E-state index contributed by atoms with van der Waals surface area (Å²) < 4.78 is 4.49. The quantitative estimate of drug-likeness (QED) is 0.349. The molecular weight excluding hydrogens is 238 g/mol. The Balaban J connectivity index is 3.04. The van der Waals surface area contributed by atoms with Crippen LogP contribution < -0.4 is 11.5 Å². The molecule has 1 aromatic carbocycles. The maximum Gasteiger partial charge on any atom is 0.322 e. The highest BCUT2D eigenvalue weighted by Crippen LogP contribution is 2.27. The molecule has 1 rings (SSSR count). The van der Waals surface area contributed by atoms with Crippen LogP contribution in [0.4, 0.5) is 11.4 Å². The number of methoxy groups -OCH3 is 1. The third-order valence-corrected chi connectivity index (χ3v) is 2.58. The van der Waals surface area contributed by atoms with Crippen molar-refractivity contribution in [3.63, 3.8) is 0 Å². The van der Waals surface area contributed by atoms with E-state index >= 15 is 0 Å². The number of benzene rings is 1. The minimum atomic E-state index is -0.849. The van der Waals surface area contributed by atoms with E-state index in [9.17, 15) is 14.9 Å². The monoisotopic (exact) mass is 253 g/mol. The van der Waals surface area contributed by atoms with Crippen molar-refractivity contribution >= 4 is 17.3 Å². The first-order valence-electron chi connectivity index (χ1n) is 5.23. The summed E-state index contributed by atoms with van der Waals surface area (Å²) in [6.07, 6.45) is 0.161. The topological polar surface area (TPSA) is 121 Å². The molecule has 1 aromatic rings. The Bertz CT molecular complexity index is 487. The highest BCUT2D eigenvalue weighted by atomic mass is 16.6. The number of esters is 1. The number of carbonyl (C=O) groups excluding carboxylic acids is 1. The van der Waals surface area contributed by atoms with E-state index in [2.05, 4.69) is 4.74 Å². The summed E-state index contributed by atoms with van der Waals surface area (Å²) in [6, 6.07) is 2.15. The highest BCUT2D eigenvalue weighted by molar-refractivity contribution is 5.76. The molecule has 1 atom stereocenters. The van der Waals surface area contributed by atoms with Gasteiger partial charge in [0.25, 0.3) is 5.69 Å². The zero-order valence-corrected chi connectivity index (χ0v) is 10.2. The summed E-state index contributed by atoms with van der Waals surface area (Å²) in [6.45, 7) is 1.66. The van der Waals surface area contributed by atoms with E-state index in [0.717, 1.165) is 0 Å². The van der Waals surface area contributed by atoms with Gasteiger partial charge in [-0.2, -0.15) is 0 Å². The molecule has 0 aliphatic carbocycles. The zero-order chi connectivity index (χ0) is 13.9. The molecule has 0 aromatic heterocycles. The van der Waals surface area contributed by atoms with Crippen molar-refractivity contribution in [3.05, 3.63) is 33.4 Å². The van der Waals surface area contributed by atoms with Gasteiger partial charge in [0.2, 0.25) is 0 Å². The number of carbonyl (C=O) groups is 1. The third kappa shape index (κ3) is 2.95. The van der Waals surface area contributed by atoms with E-state index in [-0.39, 0.29) is 17.8 Å². The summed E-state index contributed by atoms with van der Waals surface area (Å²) >= 11 is 0. The summed E-state index contributed by atoms with van der Waals surface area (Å²) in [7, 11) is 1.23. The van der Waals surface area contributed by atoms with Crippen molar-refractivity contribution in [2.45, 2.75) is 19.4 Å². The number of nitrogen functional groups attached to an aromatic ring is 1. The Morgan fingerprint density at radius 2 is 2.17 bits per heavy atom. The van der Waals surface area contributed by atoms with Gasteiger partial charge in [-0.25, -0.2) is 0 Å². The van der Waals surface area contributed by atoms with Crippen molar-refractivity contribution in [2.75, 3.05) is 12.8 Å². The predicted octanol–water partition coefficient (Wildman–Crippen LogP) is 0.528. The van der Waals surface area contributed by atoms with Crippen LogP contribution in [0.25, 0.3) is 0 Å². The number of nitro groups is 1. The van der Waals surface area contributed by atoms with E-state index in [1.54, 1.807) is 13.0 Å². The molecule has 98 valence electrons. The molecule has 0 fully saturated rings. The summed E-state index contributed by atoms with van der Waals surface area (Å²) in [5, 5.41) is 10.8. The second kappa shape index (κ2) is 5.46. The lowest BCUT2D eigenvalue weighted by Crippen LogP contribution is -2.33. The number of aryl methyl sites for hydroxylation is 1. The van der Waals surface area contributed by atoms with Crippen LogP contribution >= 0.6 is 0 Å². The van der Waals surface area contributed by atoms with Gasteiger partial charge in [0.05, 0.1) is 12.0 Å². The number of nitro benzene ring substituents is 1. The van der Waals surface area contributed by atoms with Gasteiger partial charge in [0, 0.05) is 6.07 Å². The van der Waals surface area contributed by atoms with E-state index in [1.807, 2.05) is 0 Å². The summed E-state index contributed by atoms with van der Waals surface area (Å²) in [5.41, 5.74) is 12.3. The Labute approximate surface area is 104 Å². The largest absolute Gasteiger partial charge is 0.468 e. The maximum absolute atomic E-state index is 11.2. The fourth-order valence-corrected chi connectivity index (χ4v) is 1.61. The number of ether oxygens (including phenoxy) is 1. The van der Waals surface area contributed by atoms with Gasteiger partial charge in [-0.3, -0.25) is 14.9 Å². The minimum absolute atomic E-state index is 0.121. The number of nitrogens with zero attached hydrogens (tertiary/aromatic N) is 1. The normalized spacial score (nSPS) is 11.9. The molecule has 0 amide bonds. The Morgan fingerprint density at radius 3 is 2.67 bits per heavy atom. The highest BCUT2D eigenvalue weighted by Gasteiger charge is 2.19. The first kappa shape index (κ1) is 13.9. The van der Waals surface area contributed by atoms with Crippen LogP contribution in [0.15, 0.2) is 12.1 Å². The van der Waals surface area contributed by atoms with Crippen molar-refractivity contribution in [1.82, 2.24) is 0 Å². The Hall–Kier alpha value is -2.15. The molecule has 0 unspecified atom stereocenters. The number of hydrogen-bond donors (Lipinski definition) is 2. The van der Waals surface area contributed by atoms with Crippen LogP contribution in [0.5, 0.6) is 0 Å². The van der Waals surface area contributed by atoms with Crippen molar-refractivity contribution < 1.29 is 14.5 Å². The molecule has 0 aliphatic heterocycles. The summed E-state index contributed by atoms with van der Waals surface area (Å²) in [5.74, 6) is -0.563. The van der Waals surface area contributed by atoms with Crippen LogP contribution in [0.1, 0.15) is 11.1 Å². The molecule has 0 saturated carbocycles. The second-order valence-electron chi connectivity index (χ2n) is 3.94. The lowest BCUT2D eigenvalue weighted by atomic mass is 10.0. The van der Waals surface area contributed by atoms with Gasteiger partial charge in [-0.15, -0.1) is 0 Å². The first-order chi connectivity index (χ1) is 8.36. The van der Waals surface area contributed by atoms with Crippen molar-refractivity contribution in [1.29, 1.82) is 0 Å². The molecule has 0 bridgehead atoms. The van der Waals surface area contributed by atoms with E-state index in [0.29, 0.717) is 11.1 Å². The number of hydrogen-bond acceptors (Lipinski definition) is 6. The van der Waals surface area contributed by atoms with Crippen LogP contribution in [-0.4, -0.2) is 24.0 Å². The first-order valence-corrected chi connectivity index (χ1v) is 5.23. The zero-order valence-electron chi connectivity index (χ0n) is 10.2. The lowest BCUT2D eigenvalue weighted by Gasteiger charge is -2.10. The molecule has 7 nitrogen and oxygen atoms in total. The standard InChI is InChI=1S/C11H15N3O4/c1-6-3-7(4-8(12)11(15)18-2)5-9(10(6)13)14(16)17/h3,5,8H,4,12-13H2,1-2H3/t8-/m0/s1. The molecular formula is C11H15N3O4. The lowest BCUT2D eigenvalue weighted by molar-refractivity contribution is -0.384. The molecule has 0 saturated heterocycles. The number of anilines is 1. The number of nitrogens with two attached hydrogens (primary N) is 2. The summed E-state index contributed by atoms with van der Waals surface area (Å²) in [4.78, 5) is 21.4. The molecule has 0 spiro atoms. The average Bonchev–Trinajstić information content (AvgIpc) is 2.31. The van der Waals surface area contributed by atoms with Crippen LogP contribution in [0.3, 0.4) is 0 Å². The molecule has 18 heavy (non-hydrogen) atoms.